The summed E-state index contributed by atoms with van der Waals surface area (Å²) in [4.78, 5) is 0. The zero-order valence-corrected chi connectivity index (χ0v) is 13.5. The Hall–Kier alpha value is -1.21. The second-order valence-electron chi connectivity index (χ2n) is 6.24. The zero-order chi connectivity index (χ0) is 14.4. The third kappa shape index (κ3) is 4.72. The van der Waals surface area contributed by atoms with E-state index in [0.29, 0.717) is 0 Å². The Balaban J connectivity index is 1.83. The van der Waals surface area contributed by atoms with Gasteiger partial charge in [0.25, 0.3) is 0 Å². The van der Waals surface area contributed by atoms with Crippen molar-refractivity contribution in [3.05, 3.63) is 71.3 Å². The van der Waals surface area contributed by atoms with E-state index in [-0.39, 0.29) is 5.41 Å². The largest absolute Gasteiger partial charge is 0.157 e. The highest BCUT2D eigenvalue weighted by atomic mass is 32.2. The van der Waals surface area contributed by atoms with Crippen LogP contribution in [0, 0.1) is 0 Å². The number of aryl methyl sites for hydroxylation is 1. The van der Waals surface area contributed by atoms with Gasteiger partial charge in [0.15, 0.2) is 0 Å². The molecule has 0 heterocycles. The van der Waals surface area contributed by atoms with Crippen molar-refractivity contribution in [1.29, 1.82) is 0 Å². The lowest BCUT2D eigenvalue weighted by Gasteiger charge is -2.19. The Morgan fingerprint density at radius 3 is 2.25 bits per heavy atom. The van der Waals surface area contributed by atoms with Crippen molar-refractivity contribution in [2.45, 2.75) is 38.4 Å². The molecule has 0 saturated heterocycles. The van der Waals surface area contributed by atoms with Crippen molar-refractivity contribution < 1.29 is 0 Å². The molecule has 0 amide bonds. The number of rotatable bonds is 5. The molecule has 0 saturated carbocycles. The van der Waals surface area contributed by atoms with E-state index in [1.807, 2.05) is 11.8 Å². The molecule has 2 rings (SSSR count). The summed E-state index contributed by atoms with van der Waals surface area (Å²) in [6.07, 6.45) is 1.16. The summed E-state index contributed by atoms with van der Waals surface area (Å²) in [5.41, 5.74) is 4.54. The zero-order valence-electron chi connectivity index (χ0n) is 12.7. The van der Waals surface area contributed by atoms with Crippen LogP contribution in [0.3, 0.4) is 0 Å². The van der Waals surface area contributed by atoms with Crippen molar-refractivity contribution in [1.82, 2.24) is 0 Å². The molecule has 0 atom stereocenters. The number of hydrogen-bond donors (Lipinski definition) is 0. The maximum Gasteiger partial charge on any atom is 0.0184 e. The summed E-state index contributed by atoms with van der Waals surface area (Å²) in [7, 11) is 0. The van der Waals surface area contributed by atoms with Gasteiger partial charge in [-0.1, -0.05) is 75.4 Å². The summed E-state index contributed by atoms with van der Waals surface area (Å²) < 4.78 is 0. The molecule has 0 aliphatic rings. The normalized spacial score (nSPS) is 11.6. The average Bonchev–Trinajstić information content (AvgIpc) is 2.44. The third-order valence-corrected chi connectivity index (χ3v) is 4.47. The van der Waals surface area contributed by atoms with Crippen LogP contribution >= 0.6 is 11.8 Å². The van der Waals surface area contributed by atoms with E-state index in [9.17, 15) is 0 Å². The van der Waals surface area contributed by atoms with Gasteiger partial charge in [0, 0.05) is 5.75 Å². The molecule has 1 heteroatoms. The van der Waals surface area contributed by atoms with Gasteiger partial charge in [-0.25, -0.2) is 0 Å². The van der Waals surface area contributed by atoms with Crippen molar-refractivity contribution in [3.8, 4) is 0 Å². The van der Waals surface area contributed by atoms with Crippen molar-refractivity contribution >= 4 is 11.8 Å². The first-order valence-corrected chi connectivity index (χ1v) is 8.42. The topological polar surface area (TPSA) is 0 Å². The van der Waals surface area contributed by atoms with E-state index in [1.54, 1.807) is 0 Å². The second-order valence-corrected chi connectivity index (χ2v) is 7.34. The van der Waals surface area contributed by atoms with Gasteiger partial charge in [-0.3, -0.25) is 0 Å². The number of benzene rings is 2. The Kier molecular flexibility index (Phi) is 5.31. The molecule has 0 aromatic heterocycles. The van der Waals surface area contributed by atoms with Crippen molar-refractivity contribution in [2.24, 2.45) is 0 Å². The lowest BCUT2D eigenvalue weighted by molar-refractivity contribution is 0.589. The molecule has 0 aliphatic carbocycles. The van der Waals surface area contributed by atoms with E-state index >= 15 is 0 Å². The molecular weight excluding hydrogens is 260 g/mol. The van der Waals surface area contributed by atoms with Crippen LogP contribution in [0.1, 0.15) is 37.5 Å². The molecule has 106 valence electrons. The van der Waals surface area contributed by atoms with Crippen LogP contribution in [0.25, 0.3) is 0 Å². The number of thioether (sulfide) groups is 1. The molecule has 0 bridgehead atoms. The molecule has 0 nitrogen and oxygen atoms in total. The Bertz CT molecular complexity index is 523. The van der Waals surface area contributed by atoms with Gasteiger partial charge >= 0.3 is 0 Å². The van der Waals surface area contributed by atoms with Gasteiger partial charge in [0.05, 0.1) is 0 Å². The molecule has 0 unspecified atom stereocenters. The first-order chi connectivity index (χ1) is 9.55. The fraction of sp³-hybridized carbons (Fsp3) is 0.368. The van der Waals surface area contributed by atoms with Crippen LogP contribution in [-0.4, -0.2) is 5.75 Å². The van der Waals surface area contributed by atoms with E-state index in [0.717, 1.165) is 12.2 Å². The summed E-state index contributed by atoms with van der Waals surface area (Å²) >= 11 is 2.02. The highest BCUT2D eigenvalue weighted by Crippen LogP contribution is 2.24. The number of hydrogen-bond acceptors (Lipinski definition) is 1. The molecular formula is C19H24S. The monoisotopic (exact) mass is 284 g/mol. The van der Waals surface area contributed by atoms with Gasteiger partial charge in [-0.15, -0.1) is 0 Å². The Morgan fingerprint density at radius 2 is 1.55 bits per heavy atom. The Morgan fingerprint density at radius 1 is 0.850 bits per heavy atom. The van der Waals surface area contributed by atoms with Crippen molar-refractivity contribution in [3.63, 3.8) is 0 Å². The lowest BCUT2D eigenvalue weighted by Crippen LogP contribution is -2.11. The SMILES string of the molecule is CC(C)(C)c1cccc(CSCCc2ccccc2)c1. The van der Waals surface area contributed by atoms with Gasteiger partial charge < -0.3 is 0 Å². The van der Waals surface area contributed by atoms with Crippen LogP contribution in [0.4, 0.5) is 0 Å². The molecule has 2 aromatic rings. The fourth-order valence-electron chi connectivity index (χ4n) is 2.15. The average molecular weight is 284 g/mol. The van der Waals surface area contributed by atoms with Gasteiger partial charge in [0.1, 0.15) is 0 Å². The third-order valence-electron chi connectivity index (χ3n) is 3.44. The first kappa shape index (κ1) is 15.2. The van der Waals surface area contributed by atoms with Gasteiger partial charge in [-0.05, 0) is 34.3 Å². The molecule has 0 radical (unpaired) electrons. The molecule has 0 aliphatic heterocycles. The van der Waals surface area contributed by atoms with Gasteiger partial charge in [0.2, 0.25) is 0 Å². The molecule has 0 N–H and O–H groups in total. The predicted molar refractivity (Wildman–Crippen MR) is 91.5 cm³/mol. The van der Waals surface area contributed by atoms with E-state index in [2.05, 4.69) is 75.4 Å². The summed E-state index contributed by atoms with van der Waals surface area (Å²) in [5, 5.41) is 0. The maximum atomic E-state index is 2.36. The minimum Gasteiger partial charge on any atom is -0.157 e. The van der Waals surface area contributed by atoms with E-state index < -0.39 is 0 Å². The summed E-state index contributed by atoms with van der Waals surface area (Å²) in [5.74, 6) is 2.29. The lowest BCUT2D eigenvalue weighted by atomic mass is 9.86. The Labute approximate surface area is 127 Å². The van der Waals surface area contributed by atoms with E-state index in [1.165, 1.54) is 22.4 Å². The molecule has 0 spiro atoms. The summed E-state index contributed by atoms with van der Waals surface area (Å²) in [6, 6.07) is 19.8. The van der Waals surface area contributed by atoms with E-state index in [4.69, 9.17) is 0 Å². The molecule has 20 heavy (non-hydrogen) atoms. The van der Waals surface area contributed by atoms with Crippen molar-refractivity contribution in [2.75, 3.05) is 5.75 Å². The standard InChI is InChI=1S/C19H24S/c1-19(2,3)18-11-7-10-17(14-18)15-20-13-12-16-8-5-4-6-9-16/h4-11,14H,12-13,15H2,1-3H3. The van der Waals surface area contributed by atoms with Crippen LogP contribution in [0.15, 0.2) is 54.6 Å². The van der Waals surface area contributed by atoms with Crippen LogP contribution in [-0.2, 0) is 17.6 Å². The highest BCUT2D eigenvalue weighted by Gasteiger charge is 2.13. The minimum atomic E-state index is 0.241. The second kappa shape index (κ2) is 6.99. The minimum absolute atomic E-state index is 0.241. The van der Waals surface area contributed by atoms with Crippen LogP contribution in [0.5, 0.6) is 0 Å². The van der Waals surface area contributed by atoms with Crippen LogP contribution in [0.2, 0.25) is 0 Å². The quantitative estimate of drug-likeness (QED) is 0.657. The smallest absolute Gasteiger partial charge is 0.0184 e. The first-order valence-electron chi connectivity index (χ1n) is 7.27. The fourth-order valence-corrected chi connectivity index (χ4v) is 3.09. The van der Waals surface area contributed by atoms with Gasteiger partial charge in [-0.2, -0.15) is 11.8 Å². The summed E-state index contributed by atoms with van der Waals surface area (Å²) in [6.45, 7) is 6.82. The molecule has 0 fully saturated rings. The predicted octanol–water partition coefficient (Wildman–Crippen LogP) is 5.46. The van der Waals surface area contributed by atoms with Crippen LogP contribution < -0.4 is 0 Å². The highest BCUT2D eigenvalue weighted by molar-refractivity contribution is 7.98. The maximum absolute atomic E-state index is 2.36. The molecule has 2 aromatic carbocycles.